The maximum Gasteiger partial charge on any atom is 0.177 e. The number of nitrogens with two attached hydrogens (primary N) is 1. The highest BCUT2D eigenvalue weighted by Crippen LogP contribution is 2.45. The first-order chi connectivity index (χ1) is 29.3. The van der Waals surface area contributed by atoms with Crippen molar-refractivity contribution in [2.45, 2.75) is 122 Å². The van der Waals surface area contributed by atoms with Gasteiger partial charge in [-0.1, -0.05) is 55.5 Å². The number of aryl methyl sites for hydroxylation is 1. The van der Waals surface area contributed by atoms with E-state index < -0.39 is 30.1 Å². The monoisotopic (exact) mass is 830 g/mol. The van der Waals surface area contributed by atoms with Gasteiger partial charge in [0, 0.05) is 30.4 Å². The first-order valence-corrected chi connectivity index (χ1v) is 22.2. The van der Waals surface area contributed by atoms with Crippen LogP contribution in [0.15, 0.2) is 77.6 Å². The molecule has 2 aromatic carbocycles. The van der Waals surface area contributed by atoms with Crippen molar-refractivity contribution in [3.63, 3.8) is 0 Å². The molecular weight excluding hydrogens is 767 g/mol. The number of allylic oxidation sites excluding steroid dienone is 1. The van der Waals surface area contributed by atoms with E-state index in [1.807, 2.05) is 54.8 Å². The highest BCUT2D eigenvalue weighted by atomic mass is 16.5. The van der Waals surface area contributed by atoms with Crippen LogP contribution in [0, 0.1) is 53.3 Å². The number of fused-ring (bicyclic) bond motifs is 2. The average molecular weight is 831 g/mol. The van der Waals surface area contributed by atoms with Gasteiger partial charge in [-0.2, -0.15) is 0 Å². The van der Waals surface area contributed by atoms with Gasteiger partial charge < -0.3 is 30.9 Å². The molecule has 0 radical (unpaired) electrons. The number of methoxy groups -OCH3 is 1. The number of nitrogen functional groups attached to an aromatic ring is 1. The number of aliphatic imine (C=N–C) groups is 1. The number of ketones is 2. The number of carbonyl (C=O) groups excluding carboxylic acids is 2. The number of hydrogen-bond acceptors (Lipinski definition) is 10. The summed E-state index contributed by atoms with van der Waals surface area (Å²) in [7, 11) is 1.50. The van der Waals surface area contributed by atoms with Crippen LogP contribution in [0.25, 0.3) is 0 Å². The summed E-state index contributed by atoms with van der Waals surface area (Å²) < 4.78 is 5.48. The van der Waals surface area contributed by atoms with Crippen molar-refractivity contribution in [2.24, 2.45) is 40.5 Å². The molecule has 6 N–H and O–H groups in total. The maximum absolute atomic E-state index is 14.6. The second-order valence-electron chi connectivity index (χ2n) is 17.8. The van der Waals surface area contributed by atoms with E-state index in [4.69, 9.17) is 15.5 Å². The molecule has 324 valence electrons. The number of benzene rings is 2. The number of carbonyl (C=O) groups is 2. The third-order valence-corrected chi connectivity index (χ3v) is 13.3. The molecule has 1 aliphatic heterocycles. The number of phenolic OH excluding ortho intramolecular Hbond substituents is 1. The Morgan fingerprint density at radius 3 is 2.46 bits per heavy atom. The summed E-state index contributed by atoms with van der Waals surface area (Å²) in [5.74, 6) is 7.61. The molecule has 1 aromatic heterocycles. The molecule has 10 nitrogen and oxygen atoms in total. The van der Waals surface area contributed by atoms with Crippen LogP contribution in [0.4, 0.5) is 5.82 Å². The number of rotatable bonds is 15. The summed E-state index contributed by atoms with van der Waals surface area (Å²) in [4.78, 5) is 37.3. The fourth-order valence-electron chi connectivity index (χ4n) is 9.84. The summed E-state index contributed by atoms with van der Waals surface area (Å²) in [6.07, 6.45) is 9.45. The smallest absolute Gasteiger partial charge is 0.177 e. The molecule has 0 amide bonds. The molecule has 2 heterocycles. The van der Waals surface area contributed by atoms with E-state index in [2.05, 4.69) is 30.7 Å². The van der Waals surface area contributed by atoms with Crippen molar-refractivity contribution in [3.05, 3.63) is 101 Å². The molecule has 6 rings (SSSR count). The summed E-state index contributed by atoms with van der Waals surface area (Å²) in [6.45, 7) is 5.80. The minimum absolute atomic E-state index is 0.000195. The van der Waals surface area contributed by atoms with Gasteiger partial charge in [-0.05, 0) is 129 Å². The molecular formula is C51H64N3O7+. The third kappa shape index (κ3) is 11.9. The Morgan fingerprint density at radius 2 is 1.74 bits per heavy atom. The second kappa shape index (κ2) is 21.2. The van der Waals surface area contributed by atoms with E-state index in [-0.39, 0.29) is 59.7 Å². The Hall–Kier alpha value is -4.95. The molecule has 3 aromatic rings. The molecule has 0 spiro atoms. The van der Waals surface area contributed by atoms with Crippen molar-refractivity contribution in [3.8, 4) is 23.3 Å². The molecule has 1 fully saturated rings. The van der Waals surface area contributed by atoms with Crippen LogP contribution >= 0.6 is 0 Å². The Labute approximate surface area is 361 Å². The lowest BCUT2D eigenvalue weighted by atomic mass is 9.73. The molecule has 61 heavy (non-hydrogen) atoms. The van der Waals surface area contributed by atoms with Gasteiger partial charge in [-0.25, -0.2) is 4.98 Å². The van der Waals surface area contributed by atoms with Crippen molar-refractivity contribution < 1.29 is 34.8 Å². The molecule has 0 unspecified atom stereocenters. The van der Waals surface area contributed by atoms with Gasteiger partial charge in [0.05, 0.1) is 44.2 Å². The van der Waals surface area contributed by atoms with Crippen LogP contribution in [0.5, 0.6) is 11.5 Å². The van der Waals surface area contributed by atoms with Crippen LogP contribution < -0.4 is 10.5 Å². The van der Waals surface area contributed by atoms with Gasteiger partial charge >= 0.3 is 0 Å². The zero-order valence-corrected chi connectivity index (χ0v) is 36.2. The lowest BCUT2D eigenvalue weighted by Crippen LogP contribution is -2.32. The first-order valence-electron chi connectivity index (χ1n) is 22.2. The second-order valence-corrected chi connectivity index (χ2v) is 17.8. The van der Waals surface area contributed by atoms with Gasteiger partial charge in [0.25, 0.3) is 0 Å². The van der Waals surface area contributed by atoms with Crippen LogP contribution in [0.1, 0.15) is 113 Å². The highest BCUT2D eigenvalue weighted by Gasteiger charge is 2.42. The fourth-order valence-corrected chi connectivity index (χ4v) is 9.84. The number of aromatic hydroxyl groups is 1. The molecule has 0 bridgehead atoms. The van der Waals surface area contributed by atoms with Gasteiger partial charge in [0.2, 0.25) is 0 Å². The van der Waals surface area contributed by atoms with Crippen LogP contribution in [0.3, 0.4) is 0 Å². The van der Waals surface area contributed by atoms with E-state index in [9.17, 15) is 30.0 Å². The number of ether oxygens (including phenoxy) is 1. The van der Waals surface area contributed by atoms with Gasteiger partial charge in [0.1, 0.15) is 35.6 Å². The zero-order valence-electron chi connectivity index (χ0n) is 36.2. The van der Waals surface area contributed by atoms with Crippen molar-refractivity contribution in [1.82, 2.24) is 4.98 Å². The first kappa shape index (κ1) is 45.6. The van der Waals surface area contributed by atoms with Crippen molar-refractivity contribution in [2.75, 3.05) is 12.8 Å². The molecule has 10 heteroatoms. The van der Waals surface area contributed by atoms with Crippen LogP contribution in [-0.2, 0) is 22.4 Å². The summed E-state index contributed by atoms with van der Waals surface area (Å²) >= 11 is 0. The summed E-state index contributed by atoms with van der Waals surface area (Å²) in [5, 5.41) is 43.1. The number of hydrogen-bond donors (Lipinski definition) is 5. The lowest BCUT2D eigenvalue weighted by Gasteiger charge is -2.32. The topological polar surface area (TPSA) is 176 Å². The molecule has 0 saturated heterocycles. The number of nitrogens with zero attached hydrogens (tertiary/aromatic N) is 2. The van der Waals surface area contributed by atoms with Crippen LogP contribution in [-0.4, -0.2) is 68.6 Å². The number of aliphatic hydroxyl groups excluding tert-OH is 3. The fraction of sp³-hybridized carbons (Fsp3) is 0.510. The molecule has 10 atom stereocenters. The number of pyridine rings is 1. The van der Waals surface area contributed by atoms with Crippen molar-refractivity contribution in [1.29, 1.82) is 0 Å². The normalized spacial score (nSPS) is 24.3. The highest BCUT2D eigenvalue weighted by molar-refractivity contribution is 6.00. The van der Waals surface area contributed by atoms with Gasteiger partial charge in [-0.3, -0.25) is 9.59 Å². The van der Waals surface area contributed by atoms with Gasteiger partial charge in [0.15, 0.2) is 17.2 Å². The molecule has 1 saturated carbocycles. The zero-order chi connectivity index (χ0) is 43.6. The molecule has 2 aliphatic carbocycles. The Bertz CT molecular complexity index is 2090. The van der Waals surface area contributed by atoms with Crippen molar-refractivity contribution >= 4 is 23.6 Å². The number of Topliss-reactive ketones (excluding diaryl/α,β-unsaturated/α-hetero) is 2. The minimum atomic E-state index is -0.787. The Morgan fingerprint density at radius 1 is 0.951 bits per heavy atom. The minimum Gasteiger partial charge on any atom is -0.504 e. The molecule has 3 aliphatic rings. The van der Waals surface area contributed by atoms with E-state index in [0.717, 1.165) is 53.1 Å². The summed E-state index contributed by atoms with van der Waals surface area (Å²) in [5.41, 5.74) is 10.6. The van der Waals surface area contributed by atoms with E-state index in [1.54, 1.807) is 25.3 Å². The Kier molecular flexibility index (Phi) is 15.9. The maximum atomic E-state index is 14.6. The largest absolute Gasteiger partial charge is 0.504 e. The lowest BCUT2D eigenvalue weighted by molar-refractivity contribution is -0.130. The summed E-state index contributed by atoms with van der Waals surface area (Å²) in [6, 6.07) is 17.3. The average Bonchev–Trinajstić information content (AvgIpc) is 3.63. The van der Waals surface area contributed by atoms with E-state index in [1.165, 1.54) is 7.11 Å². The quantitative estimate of drug-likeness (QED) is 0.0583. The Balaban J connectivity index is 1.36. The van der Waals surface area contributed by atoms with E-state index >= 15 is 0 Å². The number of phenols is 1. The standard InChI is InChI=1S/C51H63N3O7/c1-5-9-43(47(58)27-40-24-39(30-54-40)31(2)12-17-46(57)32(3)55)38-22-34(20-33-18-19-53-51(52)23-33)21-36-14-16-42(35-10-7-6-8-11-35)44-29-49(60)50(61-4)26-37(44)13-15-41(56)28-48(59)45(36)25-38/h6-8,10-11,18-19,23-24,26,29-32,34,36,38,42-43,45-47,55,57-58H,5,9,12-13,15,17,20-22,25,27-28H2,1-4H3,(H2-,52,53,60)/p+1/t31-,32+,34+,36+,38+,42-,43+,45+,46+,47-/m1/s1. The van der Waals surface area contributed by atoms with E-state index in [0.29, 0.717) is 56.5 Å². The predicted octanol–water partition coefficient (Wildman–Crippen LogP) is 7.75. The SMILES string of the molecule is CCC[C@@H]([C@H]1C[C@@H](Cc2ccnc(N)c2)C[C@@H]2C#C[C@H](c3ccccc3)c3cc(O)c(OC)cc3CCC(=O)CC(=O)[C@H]2C1)[C@H](O)CC1=C[C+]([C@H](C)CC[C@H](O)[C@H](C)O)C=N1. The van der Waals surface area contributed by atoms with Crippen LogP contribution in [0.2, 0.25) is 0 Å². The predicted molar refractivity (Wildman–Crippen MR) is 239 cm³/mol. The van der Waals surface area contributed by atoms with Gasteiger partial charge in [-0.15, -0.1) is 4.99 Å². The third-order valence-electron chi connectivity index (χ3n) is 13.3. The number of aromatic nitrogens is 1. The number of anilines is 1. The number of aliphatic hydroxyl groups is 3.